The standard InChI is InChI=1S/C21H24ClN3O2/c1-14-13-19(26)20(23-25(14)17-10-8-16(22)9-11-17)21(27)24-12-4-6-15-5-2-3-7-18(15)24/h8-11,13,15,18H,2-7,12H2,1H3. The molecule has 1 amide bonds. The van der Waals surface area contributed by atoms with Crippen molar-refractivity contribution in [3.8, 4) is 5.69 Å². The van der Waals surface area contributed by atoms with Gasteiger partial charge in [0.15, 0.2) is 5.69 Å². The maximum atomic E-state index is 13.3. The third kappa shape index (κ3) is 3.53. The number of carbonyl (C=O) groups is 1. The summed E-state index contributed by atoms with van der Waals surface area (Å²) in [6.45, 7) is 2.53. The van der Waals surface area contributed by atoms with Crippen LogP contribution in [0.25, 0.3) is 5.69 Å². The number of piperidine rings is 1. The molecule has 2 heterocycles. The first-order chi connectivity index (χ1) is 13.0. The molecule has 27 heavy (non-hydrogen) atoms. The summed E-state index contributed by atoms with van der Waals surface area (Å²) in [5.41, 5.74) is 1.18. The van der Waals surface area contributed by atoms with Gasteiger partial charge in [-0.15, -0.1) is 0 Å². The smallest absolute Gasteiger partial charge is 0.278 e. The van der Waals surface area contributed by atoms with Crippen molar-refractivity contribution in [3.63, 3.8) is 0 Å². The van der Waals surface area contributed by atoms with Crippen LogP contribution in [0.15, 0.2) is 35.1 Å². The van der Waals surface area contributed by atoms with Gasteiger partial charge in [0.1, 0.15) is 0 Å². The summed E-state index contributed by atoms with van der Waals surface area (Å²) >= 11 is 5.97. The molecule has 2 aromatic rings. The summed E-state index contributed by atoms with van der Waals surface area (Å²) in [5, 5.41) is 5.08. The van der Waals surface area contributed by atoms with Crippen LogP contribution >= 0.6 is 11.6 Å². The average Bonchev–Trinajstić information content (AvgIpc) is 2.68. The van der Waals surface area contributed by atoms with E-state index in [2.05, 4.69) is 5.10 Å². The highest BCUT2D eigenvalue weighted by Gasteiger charge is 2.37. The van der Waals surface area contributed by atoms with E-state index < -0.39 is 0 Å². The van der Waals surface area contributed by atoms with Crippen molar-refractivity contribution in [2.45, 2.75) is 51.5 Å². The molecule has 4 rings (SSSR count). The highest BCUT2D eigenvalue weighted by atomic mass is 35.5. The highest BCUT2D eigenvalue weighted by Crippen LogP contribution is 2.35. The lowest BCUT2D eigenvalue weighted by Gasteiger charge is -2.43. The van der Waals surface area contributed by atoms with Crippen molar-refractivity contribution in [1.29, 1.82) is 0 Å². The molecule has 0 N–H and O–H groups in total. The number of hydrogen-bond acceptors (Lipinski definition) is 3. The number of hydrogen-bond donors (Lipinski definition) is 0. The Hall–Kier alpha value is -2.14. The summed E-state index contributed by atoms with van der Waals surface area (Å²) in [5.74, 6) is 0.347. The molecular weight excluding hydrogens is 362 g/mol. The average molecular weight is 386 g/mol. The lowest BCUT2D eigenvalue weighted by Crippen LogP contribution is -2.51. The first-order valence-corrected chi connectivity index (χ1v) is 10.1. The van der Waals surface area contributed by atoms with Crippen LogP contribution in [0.1, 0.15) is 54.7 Å². The van der Waals surface area contributed by atoms with E-state index >= 15 is 0 Å². The Kier molecular flexibility index (Phi) is 5.04. The van der Waals surface area contributed by atoms with E-state index in [0.29, 0.717) is 16.6 Å². The predicted octanol–water partition coefficient (Wildman–Crippen LogP) is 3.99. The zero-order valence-corrected chi connectivity index (χ0v) is 16.3. The molecule has 5 nitrogen and oxygen atoms in total. The molecule has 1 aromatic heterocycles. The summed E-state index contributed by atoms with van der Waals surface area (Å²) in [6.07, 6.45) is 6.81. The van der Waals surface area contributed by atoms with Crippen LogP contribution in [0.2, 0.25) is 5.02 Å². The molecule has 6 heteroatoms. The molecule has 2 fully saturated rings. The van der Waals surface area contributed by atoms with Crippen molar-refractivity contribution in [1.82, 2.24) is 14.7 Å². The maximum Gasteiger partial charge on any atom is 0.278 e. The monoisotopic (exact) mass is 385 g/mol. The lowest BCUT2D eigenvalue weighted by atomic mass is 9.78. The molecule has 2 aliphatic rings. The fourth-order valence-corrected chi connectivity index (χ4v) is 4.68. The number of benzene rings is 1. The van der Waals surface area contributed by atoms with Crippen LogP contribution in [0.5, 0.6) is 0 Å². The lowest BCUT2D eigenvalue weighted by molar-refractivity contribution is 0.0382. The zero-order chi connectivity index (χ0) is 19.0. The molecule has 1 aliphatic carbocycles. The number of fused-ring (bicyclic) bond motifs is 1. The molecular formula is C21H24ClN3O2. The fourth-order valence-electron chi connectivity index (χ4n) is 4.55. The minimum Gasteiger partial charge on any atom is -0.334 e. The van der Waals surface area contributed by atoms with Gasteiger partial charge >= 0.3 is 0 Å². The number of carbonyl (C=O) groups excluding carboxylic acids is 1. The Balaban J connectivity index is 1.70. The number of aromatic nitrogens is 2. The molecule has 0 bridgehead atoms. The quantitative estimate of drug-likeness (QED) is 0.785. The van der Waals surface area contributed by atoms with E-state index in [4.69, 9.17) is 11.6 Å². The topological polar surface area (TPSA) is 55.2 Å². The predicted molar refractivity (Wildman–Crippen MR) is 106 cm³/mol. The van der Waals surface area contributed by atoms with Crippen LogP contribution < -0.4 is 5.43 Å². The van der Waals surface area contributed by atoms with E-state index in [-0.39, 0.29) is 23.1 Å². The summed E-state index contributed by atoms with van der Waals surface area (Å²) in [4.78, 5) is 27.7. The molecule has 2 atom stereocenters. The molecule has 2 unspecified atom stereocenters. The Morgan fingerprint density at radius 1 is 1.11 bits per heavy atom. The second-order valence-corrected chi connectivity index (χ2v) is 8.08. The SMILES string of the molecule is Cc1cc(=O)c(C(=O)N2CCCC3CCCCC32)nn1-c1ccc(Cl)cc1. The van der Waals surface area contributed by atoms with E-state index in [1.165, 1.54) is 25.3 Å². The van der Waals surface area contributed by atoms with Gasteiger partial charge in [0.05, 0.1) is 5.69 Å². The van der Waals surface area contributed by atoms with Gasteiger partial charge in [0, 0.05) is 29.4 Å². The summed E-state index contributed by atoms with van der Waals surface area (Å²) < 4.78 is 1.65. The molecule has 1 aromatic carbocycles. The largest absolute Gasteiger partial charge is 0.334 e. The van der Waals surface area contributed by atoms with Crippen molar-refractivity contribution in [2.75, 3.05) is 6.54 Å². The fraction of sp³-hybridized carbons (Fsp3) is 0.476. The van der Waals surface area contributed by atoms with E-state index in [9.17, 15) is 9.59 Å². The second-order valence-electron chi connectivity index (χ2n) is 7.64. The number of amides is 1. The first kappa shape index (κ1) is 18.2. The van der Waals surface area contributed by atoms with Crippen LogP contribution in [0, 0.1) is 12.8 Å². The Labute approximate surface area is 163 Å². The van der Waals surface area contributed by atoms with Crippen LogP contribution in [0.4, 0.5) is 0 Å². The summed E-state index contributed by atoms with van der Waals surface area (Å²) in [7, 11) is 0. The first-order valence-electron chi connectivity index (χ1n) is 9.72. The van der Waals surface area contributed by atoms with Gasteiger partial charge in [-0.2, -0.15) is 5.10 Å². The zero-order valence-electron chi connectivity index (χ0n) is 15.5. The van der Waals surface area contributed by atoms with Crippen molar-refractivity contribution in [3.05, 3.63) is 57.0 Å². The van der Waals surface area contributed by atoms with Gasteiger partial charge in [-0.3, -0.25) is 9.59 Å². The second kappa shape index (κ2) is 7.47. The van der Waals surface area contributed by atoms with Crippen molar-refractivity contribution in [2.24, 2.45) is 5.92 Å². The highest BCUT2D eigenvalue weighted by molar-refractivity contribution is 6.30. The number of rotatable bonds is 2. The normalized spacial score (nSPS) is 22.4. The van der Waals surface area contributed by atoms with E-state index in [0.717, 1.165) is 31.5 Å². The van der Waals surface area contributed by atoms with Gasteiger partial charge in [-0.1, -0.05) is 24.4 Å². The van der Waals surface area contributed by atoms with Gasteiger partial charge in [0.2, 0.25) is 5.43 Å². The Morgan fingerprint density at radius 2 is 1.81 bits per heavy atom. The molecule has 1 saturated heterocycles. The Bertz CT molecular complexity index is 905. The van der Waals surface area contributed by atoms with E-state index in [1.807, 2.05) is 24.0 Å². The van der Waals surface area contributed by atoms with Crippen LogP contribution in [0.3, 0.4) is 0 Å². The number of aryl methyl sites for hydroxylation is 1. The number of halogens is 1. The third-order valence-corrected chi connectivity index (χ3v) is 6.14. The van der Waals surface area contributed by atoms with E-state index in [1.54, 1.807) is 16.8 Å². The molecule has 1 saturated carbocycles. The molecule has 0 radical (unpaired) electrons. The molecule has 142 valence electrons. The number of nitrogens with zero attached hydrogens (tertiary/aromatic N) is 3. The van der Waals surface area contributed by atoms with Crippen LogP contribution in [-0.4, -0.2) is 33.2 Å². The van der Waals surface area contributed by atoms with Crippen LogP contribution in [-0.2, 0) is 0 Å². The van der Waals surface area contributed by atoms with Gasteiger partial charge < -0.3 is 4.90 Å². The third-order valence-electron chi connectivity index (χ3n) is 5.89. The van der Waals surface area contributed by atoms with Crippen molar-refractivity contribution < 1.29 is 4.79 Å². The Morgan fingerprint density at radius 3 is 2.59 bits per heavy atom. The van der Waals surface area contributed by atoms with Gasteiger partial charge in [0.25, 0.3) is 5.91 Å². The van der Waals surface area contributed by atoms with Crippen molar-refractivity contribution >= 4 is 17.5 Å². The molecule has 1 aliphatic heterocycles. The molecule has 0 spiro atoms. The van der Waals surface area contributed by atoms with Gasteiger partial charge in [-0.05, 0) is 62.8 Å². The number of likely N-dealkylation sites (tertiary alicyclic amines) is 1. The summed E-state index contributed by atoms with van der Waals surface area (Å²) in [6, 6.07) is 8.96. The minimum absolute atomic E-state index is 0.0155. The maximum absolute atomic E-state index is 13.3. The van der Waals surface area contributed by atoms with Gasteiger partial charge in [-0.25, -0.2) is 4.68 Å². The minimum atomic E-state index is -0.305.